The summed E-state index contributed by atoms with van der Waals surface area (Å²) in [6.45, 7) is 2.20. The van der Waals surface area contributed by atoms with Crippen LogP contribution in [0, 0.1) is 10.1 Å². The summed E-state index contributed by atoms with van der Waals surface area (Å²) in [6, 6.07) is 4.32. The van der Waals surface area contributed by atoms with Gasteiger partial charge in [-0.3, -0.25) is 14.9 Å². The van der Waals surface area contributed by atoms with E-state index >= 15 is 0 Å². The number of methoxy groups -OCH3 is 2. The highest BCUT2D eigenvalue weighted by atomic mass is 32.2. The van der Waals surface area contributed by atoms with Crippen molar-refractivity contribution in [3.8, 4) is 0 Å². The maximum absolute atomic E-state index is 12.8. The van der Waals surface area contributed by atoms with Crippen LogP contribution in [-0.4, -0.2) is 61.7 Å². The smallest absolute Gasteiger partial charge is 0.337 e. The molecule has 1 aromatic carbocycles. The number of benzene rings is 1. The lowest BCUT2D eigenvalue weighted by Gasteiger charge is -2.26. The highest BCUT2D eigenvalue weighted by molar-refractivity contribution is 7.89. The molecule has 0 aromatic heterocycles. The molecule has 11 nitrogen and oxygen atoms in total. The van der Waals surface area contributed by atoms with Gasteiger partial charge in [-0.15, -0.1) is 0 Å². The van der Waals surface area contributed by atoms with Crippen LogP contribution < -0.4 is 0 Å². The van der Waals surface area contributed by atoms with Crippen molar-refractivity contribution in [2.45, 2.75) is 11.1 Å². The first-order valence-electron chi connectivity index (χ1n) is 6.85. The minimum Gasteiger partial charge on any atom is -0.468 e. The Hall–Kier alpha value is -2.83. The van der Waals surface area contributed by atoms with E-state index in [0.29, 0.717) is 0 Å². The predicted octanol–water partition coefficient (Wildman–Crippen LogP) is -0.194. The number of carbonyl (C=O) groups excluding carboxylic acids is 2. The Kier molecular flexibility index (Phi) is 6.94. The molecular weight excluding hydrogens is 372 g/mol. The van der Waals surface area contributed by atoms with Crippen molar-refractivity contribution in [3.05, 3.63) is 46.5 Å². The van der Waals surface area contributed by atoms with E-state index < -0.39 is 55.8 Å². The highest BCUT2D eigenvalue weighted by Gasteiger charge is 2.39. The Morgan fingerprint density at radius 2 is 1.88 bits per heavy atom. The summed E-state index contributed by atoms with van der Waals surface area (Å²) in [6.07, 6.45) is -2.22. The molecule has 0 radical (unpaired) electrons. The van der Waals surface area contributed by atoms with Gasteiger partial charge in [0.1, 0.15) is 6.54 Å². The van der Waals surface area contributed by atoms with E-state index in [0.717, 1.165) is 26.4 Å². The molecule has 1 aromatic rings. The van der Waals surface area contributed by atoms with E-state index in [1.807, 2.05) is 0 Å². The number of ether oxygens (including phenoxy) is 2. The summed E-state index contributed by atoms with van der Waals surface area (Å²) in [5, 5.41) is 21.3. The zero-order valence-electron chi connectivity index (χ0n) is 13.8. The third-order valence-electron chi connectivity index (χ3n) is 3.19. The van der Waals surface area contributed by atoms with Crippen LogP contribution in [0.2, 0.25) is 0 Å². The van der Waals surface area contributed by atoms with Crippen LogP contribution >= 0.6 is 0 Å². The molecule has 0 aliphatic rings. The van der Waals surface area contributed by atoms with Gasteiger partial charge in [-0.2, -0.15) is 4.31 Å². The standard InChI is InChI=1S/C14H16N2O9S/c1-9(14(19)25-3)13(18)15(8-12(17)24-2)26(22,23)11-7-5-4-6-10(11)16(20)21/h4-7,13,18H,1,8H2,2-3H3. The Bertz CT molecular complexity index is 835. The Labute approximate surface area is 148 Å². The zero-order valence-corrected chi connectivity index (χ0v) is 14.6. The number of hydrogen-bond donors (Lipinski definition) is 1. The van der Waals surface area contributed by atoms with Gasteiger partial charge >= 0.3 is 11.9 Å². The summed E-state index contributed by atoms with van der Waals surface area (Å²) >= 11 is 0. The number of carbonyl (C=O) groups is 2. The van der Waals surface area contributed by atoms with Gasteiger partial charge in [-0.1, -0.05) is 18.7 Å². The molecule has 1 atom stereocenters. The second-order valence-electron chi connectivity index (χ2n) is 4.74. The number of aliphatic hydroxyl groups excluding tert-OH is 1. The van der Waals surface area contributed by atoms with Crippen molar-refractivity contribution >= 4 is 27.6 Å². The van der Waals surface area contributed by atoms with Gasteiger partial charge in [0.15, 0.2) is 11.1 Å². The van der Waals surface area contributed by atoms with Crippen LogP contribution in [0.15, 0.2) is 41.3 Å². The van der Waals surface area contributed by atoms with E-state index in [4.69, 9.17) is 0 Å². The number of nitro benzene ring substituents is 1. The molecular formula is C14H16N2O9S. The molecule has 0 bridgehead atoms. The van der Waals surface area contributed by atoms with Crippen molar-refractivity contribution in [1.82, 2.24) is 4.31 Å². The van der Waals surface area contributed by atoms with Gasteiger partial charge in [0.25, 0.3) is 15.7 Å². The van der Waals surface area contributed by atoms with Crippen LogP contribution in [0.3, 0.4) is 0 Å². The average molecular weight is 388 g/mol. The fourth-order valence-electron chi connectivity index (χ4n) is 1.86. The van der Waals surface area contributed by atoms with Crippen molar-refractivity contribution < 1.29 is 37.5 Å². The Morgan fingerprint density at radius 1 is 1.31 bits per heavy atom. The van der Waals surface area contributed by atoms with E-state index in [-0.39, 0.29) is 4.31 Å². The summed E-state index contributed by atoms with van der Waals surface area (Å²) < 4.78 is 34.5. The summed E-state index contributed by atoms with van der Waals surface area (Å²) in [5.41, 5.74) is -1.48. The fraction of sp³-hybridized carbons (Fsp3) is 0.286. The monoisotopic (exact) mass is 388 g/mol. The van der Waals surface area contributed by atoms with Gasteiger partial charge in [0.05, 0.1) is 24.7 Å². The Balaban J connectivity index is 3.51. The SMILES string of the molecule is C=C(C(=O)OC)C(O)N(CC(=O)OC)S(=O)(=O)c1ccccc1[N+](=O)[O-]. The van der Waals surface area contributed by atoms with E-state index in [9.17, 15) is 33.2 Å². The maximum atomic E-state index is 12.8. The lowest BCUT2D eigenvalue weighted by Crippen LogP contribution is -2.46. The van der Waals surface area contributed by atoms with Gasteiger partial charge < -0.3 is 14.6 Å². The number of rotatable bonds is 8. The average Bonchev–Trinajstić information content (AvgIpc) is 2.63. The van der Waals surface area contributed by atoms with E-state index in [2.05, 4.69) is 16.1 Å². The first-order chi connectivity index (χ1) is 12.1. The molecule has 0 aliphatic heterocycles. The first kappa shape index (κ1) is 21.2. The molecule has 0 spiro atoms. The second kappa shape index (κ2) is 8.51. The molecule has 142 valence electrons. The molecule has 1 rings (SSSR count). The minimum atomic E-state index is -4.80. The number of hydrogen-bond acceptors (Lipinski definition) is 9. The van der Waals surface area contributed by atoms with Crippen molar-refractivity contribution in [2.75, 3.05) is 20.8 Å². The maximum Gasteiger partial charge on any atom is 0.337 e. The molecule has 0 saturated heterocycles. The molecule has 0 aliphatic carbocycles. The van der Waals surface area contributed by atoms with Crippen LogP contribution in [0.5, 0.6) is 0 Å². The molecule has 0 heterocycles. The molecule has 26 heavy (non-hydrogen) atoms. The first-order valence-corrected chi connectivity index (χ1v) is 8.29. The third-order valence-corrected chi connectivity index (χ3v) is 5.04. The number of para-hydroxylation sites is 1. The summed E-state index contributed by atoms with van der Waals surface area (Å²) in [7, 11) is -2.85. The van der Waals surface area contributed by atoms with E-state index in [1.165, 1.54) is 12.1 Å². The Morgan fingerprint density at radius 3 is 2.38 bits per heavy atom. The normalized spacial score (nSPS) is 12.3. The van der Waals surface area contributed by atoms with Gasteiger partial charge in [0.2, 0.25) is 0 Å². The van der Waals surface area contributed by atoms with Crippen LogP contribution in [0.4, 0.5) is 5.69 Å². The topological polar surface area (TPSA) is 153 Å². The lowest BCUT2D eigenvalue weighted by molar-refractivity contribution is -0.387. The minimum absolute atomic E-state index is 0.153. The van der Waals surface area contributed by atoms with Crippen LogP contribution in [0.1, 0.15) is 0 Å². The molecule has 0 fully saturated rings. The number of nitrogens with zero attached hydrogens (tertiary/aromatic N) is 2. The second-order valence-corrected chi connectivity index (χ2v) is 6.60. The molecule has 0 saturated carbocycles. The van der Waals surface area contributed by atoms with Crippen molar-refractivity contribution in [2.24, 2.45) is 0 Å². The quantitative estimate of drug-likeness (QED) is 0.210. The van der Waals surface area contributed by atoms with Gasteiger partial charge in [-0.05, 0) is 6.07 Å². The molecule has 1 N–H and O–H groups in total. The van der Waals surface area contributed by atoms with Gasteiger partial charge in [-0.25, -0.2) is 13.2 Å². The van der Waals surface area contributed by atoms with Gasteiger partial charge in [0, 0.05) is 6.07 Å². The van der Waals surface area contributed by atoms with Crippen LogP contribution in [0.25, 0.3) is 0 Å². The highest BCUT2D eigenvalue weighted by Crippen LogP contribution is 2.28. The number of aliphatic hydroxyl groups is 1. The number of sulfonamides is 1. The summed E-state index contributed by atoms with van der Waals surface area (Å²) in [4.78, 5) is 32.5. The zero-order chi connectivity index (χ0) is 20.1. The number of esters is 2. The molecule has 0 amide bonds. The summed E-state index contributed by atoms with van der Waals surface area (Å²) in [5.74, 6) is -2.21. The fourth-order valence-corrected chi connectivity index (χ4v) is 3.43. The lowest BCUT2D eigenvalue weighted by atomic mass is 10.2. The van der Waals surface area contributed by atoms with Crippen molar-refractivity contribution in [1.29, 1.82) is 0 Å². The molecule has 1 unspecified atom stereocenters. The number of nitro groups is 1. The largest absolute Gasteiger partial charge is 0.468 e. The van der Waals surface area contributed by atoms with Crippen LogP contribution in [-0.2, 0) is 29.1 Å². The molecule has 12 heteroatoms. The third kappa shape index (κ3) is 4.41. The van der Waals surface area contributed by atoms with E-state index in [1.54, 1.807) is 0 Å². The predicted molar refractivity (Wildman–Crippen MR) is 86.2 cm³/mol. The van der Waals surface area contributed by atoms with Crippen molar-refractivity contribution in [3.63, 3.8) is 0 Å².